The summed E-state index contributed by atoms with van der Waals surface area (Å²) in [5.41, 5.74) is 3.17. The van der Waals surface area contributed by atoms with Crippen LogP contribution in [-0.4, -0.2) is 68.0 Å². The summed E-state index contributed by atoms with van der Waals surface area (Å²) in [7, 11) is 1.61. The minimum atomic E-state index is 0.0231. The molecule has 6 nitrogen and oxygen atoms in total. The van der Waals surface area contributed by atoms with Crippen LogP contribution in [0.15, 0.2) is 48.5 Å². The van der Waals surface area contributed by atoms with Crippen molar-refractivity contribution in [1.29, 1.82) is 0 Å². The van der Waals surface area contributed by atoms with Crippen molar-refractivity contribution in [2.24, 2.45) is 0 Å². The second-order valence-corrected chi connectivity index (χ2v) is 7.32. The predicted molar refractivity (Wildman–Crippen MR) is 113 cm³/mol. The number of rotatable bonds is 7. The van der Waals surface area contributed by atoms with E-state index in [4.69, 9.17) is 4.74 Å². The summed E-state index contributed by atoms with van der Waals surface area (Å²) in [6, 6.07) is 15.4. The van der Waals surface area contributed by atoms with Crippen molar-refractivity contribution in [2.45, 2.75) is 13.3 Å². The van der Waals surface area contributed by atoms with Crippen molar-refractivity contribution < 1.29 is 14.3 Å². The molecule has 1 aliphatic rings. The molecule has 1 fully saturated rings. The summed E-state index contributed by atoms with van der Waals surface area (Å²) in [4.78, 5) is 28.8. The molecule has 29 heavy (non-hydrogen) atoms. The third-order valence-electron chi connectivity index (χ3n) is 5.34. The molecule has 0 radical (unpaired) electrons. The van der Waals surface area contributed by atoms with Gasteiger partial charge >= 0.3 is 0 Å². The number of aryl methyl sites for hydroxylation is 1. The fraction of sp³-hybridized carbons (Fsp3) is 0.391. The highest BCUT2D eigenvalue weighted by Crippen LogP contribution is 2.14. The molecule has 0 saturated carbocycles. The van der Waals surface area contributed by atoms with E-state index in [-0.39, 0.29) is 11.8 Å². The van der Waals surface area contributed by atoms with Crippen LogP contribution in [-0.2, 0) is 11.2 Å². The Labute approximate surface area is 172 Å². The van der Waals surface area contributed by atoms with E-state index in [1.807, 2.05) is 17.0 Å². The molecule has 6 heteroatoms. The van der Waals surface area contributed by atoms with Gasteiger partial charge in [0.25, 0.3) is 5.91 Å². The molecule has 1 heterocycles. The van der Waals surface area contributed by atoms with Crippen molar-refractivity contribution in [1.82, 2.24) is 15.1 Å². The standard InChI is InChI=1S/C23H29N3O3/c1-18-5-3-4-6-19(18)11-12-24-22(27)17-25-13-15-26(16-14-25)23(28)20-7-9-21(29-2)10-8-20/h3-10H,11-17H2,1-2H3,(H,24,27). The van der Waals surface area contributed by atoms with Gasteiger partial charge in [0.05, 0.1) is 13.7 Å². The van der Waals surface area contributed by atoms with Gasteiger partial charge in [0.1, 0.15) is 5.75 Å². The van der Waals surface area contributed by atoms with Crippen molar-refractivity contribution >= 4 is 11.8 Å². The van der Waals surface area contributed by atoms with Gasteiger partial charge in [-0.2, -0.15) is 0 Å². The molecule has 0 unspecified atom stereocenters. The van der Waals surface area contributed by atoms with Crippen molar-refractivity contribution in [2.75, 3.05) is 46.4 Å². The molecule has 0 atom stereocenters. The van der Waals surface area contributed by atoms with Crippen LogP contribution in [0.5, 0.6) is 5.75 Å². The lowest BCUT2D eigenvalue weighted by molar-refractivity contribution is -0.122. The fourth-order valence-corrected chi connectivity index (χ4v) is 3.51. The number of benzene rings is 2. The molecule has 0 aliphatic carbocycles. The Kier molecular flexibility index (Phi) is 7.25. The number of piperazine rings is 1. The van der Waals surface area contributed by atoms with E-state index in [9.17, 15) is 9.59 Å². The van der Waals surface area contributed by atoms with Crippen molar-refractivity contribution in [3.63, 3.8) is 0 Å². The highest BCUT2D eigenvalue weighted by atomic mass is 16.5. The van der Waals surface area contributed by atoms with Gasteiger partial charge in [0.15, 0.2) is 0 Å². The quantitative estimate of drug-likeness (QED) is 0.780. The van der Waals surface area contributed by atoms with E-state index in [2.05, 4.69) is 29.3 Å². The van der Waals surface area contributed by atoms with Crippen molar-refractivity contribution in [3.05, 3.63) is 65.2 Å². The number of amides is 2. The van der Waals surface area contributed by atoms with Gasteiger partial charge in [-0.05, 0) is 48.7 Å². The van der Waals surface area contributed by atoms with Gasteiger partial charge in [-0.1, -0.05) is 24.3 Å². The molecule has 0 aromatic heterocycles. The van der Waals surface area contributed by atoms with Gasteiger partial charge in [0.2, 0.25) is 5.91 Å². The smallest absolute Gasteiger partial charge is 0.253 e. The average molecular weight is 396 g/mol. The second kappa shape index (κ2) is 10.1. The molecular formula is C23H29N3O3. The van der Waals surface area contributed by atoms with Crippen LogP contribution in [0.3, 0.4) is 0 Å². The number of methoxy groups -OCH3 is 1. The predicted octanol–water partition coefficient (Wildman–Crippen LogP) is 2.12. The normalized spacial score (nSPS) is 14.5. The van der Waals surface area contributed by atoms with E-state index >= 15 is 0 Å². The Hall–Kier alpha value is -2.86. The Bertz CT molecular complexity index is 828. The zero-order chi connectivity index (χ0) is 20.6. The number of hydrogen-bond donors (Lipinski definition) is 1. The lowest BCUT2D eigenvalue weighted by Crippen LogP contribution is -2.51. The Morgan fingerprint density at radius 3 is 2.34 bits per heavy atom. The molecule has 3 rings (SSSR count). The van der Waals surface area contributed by atoms with Crippen LogP contribution in [0.4, 0.5) is 0 Å². The van der Waals surface area contributed by atoms with E-state index < -0.39 is 0 Å². The molecule has 2 amide bonds. The van der Waals surface area contributed by atoms with Crippen LogP contribution in [0.25, 0.3) is 0 Å². The molecule has 0 bridgehead atoms. The maximum Gasteiger partial charge on any atom is 0.253 e. The SMILES string of the molecule is COc1ccc(C(=O)N2CCN(CC(=O)NCCc3ccccc3C)CC2)cc1. The third-order valence-corrected chi connectivity index (χ3v) is 5.34. The largest absolute Gasteiger partial charge is 0.497 e. The molecule has 1 saturated heterocycles. The number of carbonyl (C=O) groups is 2. The number of hydrogen-bond acceptors (Lipinski definition) is 4. The minimum Gasteiger partial charge on any atom is -0.497 e. The van der Waals surface area contributed by atoms with Crippen LogP contribution >= 0.6 is 0 Å². The van der Waals surface area contributed by atoms with Gasteiger partial charge in [-0.3, -0.25) is 14.5 Å². The second-order valence-electron chi connectivity index (χ2n) is 7.32. The number of ether oxygens (including phenoxy) is 1. The first-order valence-electron chi connectivity index (χ1n) is 10.0. The molecule has 2 aromatic rings. The molecule has 154 valence electrons. The summed E-state index contributed by atoms with van der Waals surface area (Å²) < 4.78 is 5.13. The minimum absolute atomic E-state index is 0.0231. The Morgan fingerprint density at radius 1 is 1.00 bits per heavy atom. The van der Waals surface area contributed by atoms with E-state index in [1.54, 1.807) is 31.4 Å². The number of nitrogens with zero attached hydrogens (tertiary/aromatic N) is 2. The van der Waals surface area contributed by atoms with Gasteiger partial charge in [-0.15, -0.1) is 0 Å². The topological polar surface area (TPSA) is 61.9 Å². The van der Waals surface area contributed by atoms with E-state index in [1.165, 1.54) is 11.1 Å². The Balaban J connectivity index is 1.39. The van der Waals surface area contributed by atoms with Gasteiger partial charge in [-0.25, -0.2) is 0 Å². The zero-order valence-electron chi connectivity index (χ0n) is 17.2. The molecule has 2 aromatic carbocycles. The summed E-state index contributed by atoms with van der Waals surface area (Å²) in [5.74, 6) is 0.795. The van der Waals surface area contributed by atoms with Crippen LogP contribution in [0.2, 0.25) is 0 Å². The van der Waals surface area contributed by atoms with Crippen LogP contribution in [0.1, 0.15) is 21.5 Å². The highest BCUT2D eigenvalue weighted by molar-refractivity contribution is 5.94. The number of carbonyl (C=O) groups excluding carboxylic acids is 2. The number of nitrogens with one attached hydrogen (secondary N) is 1. The maximum atomic E-state index is 12.6. The summed E-state index contributed by atoms with van der Waals surface area (Å²) >= 11 is 0. The van der Waals surface area contributed by atoms with E-state index in [0.29, 0.717) is 44.8 Å². The maximum absolute atomic E-state index is 12.6. The molecule has 0 spiro atoms. The average Bonchev–Trinajstić information content (AvgIpc) is 2.75. The summed E-state index contributed by atoms with van der Waals surface area (Å²) in [5, 5.41) is 3.00. The molecule has 1 aliphatic heterocycles. The van der Waals surface area contributed by atoms with Gasteiger partial charge in [0, 0.05) is 38.3 Å². The molecular weight excluding hydrogens is 366 g/mol. The van der Waals surface area contributed by atoms with Crippen molar-refractivity contribution in [3.8, 4) is 5.75 Å². The lowest BCUT2D eigenvalue weighted by Gasteiger charge is -2.34. The monoisotopic (exact) mass is 395 g/mol. The van der Waals surface area contributed by atoms with Gasteiger partial charge < -0.3 is 15.0 Å². The van der Waals surface area contributed by atoms with Crippen LogP contribution < -0.4 is 10.1 Å². The first-order chi connectivity index (χ1) is 14.1. The van der Waals surface area contributed by atoms with E-state index in [0.717, 1.165) is 12.2 Å². The Morgan fingerprint density at radius 2 is 1.69 bits per heavy atom. The first kappa shape index (κ1) is 20.9. The zero-order valence-corrected chi connectivity index (χ0v) is 17.2. The van der Waals surface area contributed by atoms with Crippen LogP contribution in [0, 0.1) is 6.92 Å². The fourth-order valence-electron chi connectivity index (χ4n) is 3.51. The lowest BCUT2D eigenvalue weighted by atomic mass is 10.1. The first-order valence-corrected chi connectivity index (χ1v) is 10.0. The highest BCUT2D eigenvalue weighted by Gasteiger charge is 2.23. The third kappa shape index (κ3) is 5.81. The summed E-state index contributed by atoms with van der Waals surface area (Å²) in [6.45, 7) is 5.75. The summed E-state index contributed by atoms with van der Waals surface area (Å²) in [6.07, 6.45) is 0.836. The molecule has 1 N–H and O–H groups in total.